The predicted molar refractivity (Wildman–Crippen MR) is 112 cm³/mol. The lowest BCUT2D eigenvalue weighted by atomic mass is 9.47. The Kier molecular flexibility index (Phi) is 5.19. The van der Waals surface area contributed by atoms with Gasteiger partial charge in [0, 0.05) is 6.42 Å². The molecule has 2 fully saturated rings. The predicted octanol–water partition coefficient (Wildman–Crippen LogP) is 5.69. The molecule has 0 radical (unpaired) electrons. The summed E-state index contributed by atoms with van der Waals surface area (Å²) in [7, 11) is 0. The topological polar surface area (TPSA) is 74.6 Å². The fourth-order valence-electron chi connectivity index (χ4n) is 8.11. The molecule has 0 aliphatic heterocycles. The van der Waals surface area contributed by atoms with Crippen molar-refractivity contribution in [2.45, 2.75) is 78.6 Å². The van der Waals surface area contributed by atoms with Crippen molar-refractivity contribution in [3.63, 3.8) is 0 Å². The first-order valence-electron chi connectivity index (χ1n) is 11.5. The van der Waals surface area contributed by atoms with Gasteiger partial charge in [-0.05, 0) is 90.9 Å². The van der Waals surface area contributed by atoms with Crippen molar-refractivity contribution < 1.29 is 19.8 Å². The largest absolute Gasteiger partial charge is 0.481 e. The van der Waals surface area contributed by atoms with E-state index in [0.29, 0.717) is 30.1 Å². The molecular weight excluding hydrogens is 364 g/mol. The number of aliphatic carboxylic acids is 2. The molecule has 0 aromatic heterocycles. The zero-order chi connectivity index (χ0) is 21.0. The number of allylic oxidation sites excluding steroid dienone is 3. The molecule has 2 N–H and O–H groups in total. The lowest BCUT2D eigenvalue weighted by Crippen LogP contribution is -2.49. The summed E-state index contributed by atoms with van der Waals surface area (Å²) in [6, 6.07) is 0. The zero-order valence-corrected chi connectivity index (χ0v) is 18.1. The summed E-state index contributed by atoms with van der Waals surface area (Å²) in [5.74, 6) is 1.45. The molecule has 0 heterocycles. The normalized spacial score (nSPS) is 42.0. The summed E-state index contributed by atoms with van der Waals surface area (Å²) in [6.45, 7) is 7.03. The monoisotopic (exact) mass is 400 g/mol. The standard InChI is InChI=1S/C25H36O4/c1-15(12-22(26)27)19-6-7-20-18-5-4-17-13-16(14-23(28)29)8-10-24(17,2)21(18)9-11-25(19,20)3/h4,13,15,18-21H,5-12,14H2,1-3H3,(H,26,27)(H,28,29)/t15?,18-,19+,20-,21-,24-,25+/m0/s1. The van der Waals surface area contributed by atoms with Crippen molar-refractivity contribution in [1.29, 1.82) is 0 Å². The summed E-state index contributed by atoms with van der Waals surface area (Å²) in [5, 5.41) is 18.5. The summed E-state index contributed by atoms with van der Waals surface area (Å²) >= 11 is 0. The first-order chi connectivity index (χ1) is 13.6. The third-order valence-corrected chi connectivity index (χ3v) is 9.49. The van der Waals surface area contributed by atoms with Crippen LogP contribution in [0.5, 0.6) is 0 Å². The SMILES string of the molecule is CC(CC(=O)O)[C@H]1CC[C@H]2[C@@H]3CC=C4C=C(CC(=O)O)CC[C@]4(C)[C@H]3CC[C@]12C. The first kappa shape index (κ1) is 20.7. The Morgan fingerprint density at radius 1 is 1.10 bits per heavy atom. The second-order valence-corrected chi connectivity index (χ2v) is 10.9. The van der Waals surface area contributed by atoms with Gasteiger partial charge in [0.05, 0.1) is 6.42 Å². The van der Waals surface area contributed by atoms with E-state index in [4.69, 9.17) is 0 Å². The van der Waals surface area contributed by atoms with Crippen LogP contribution in [0.3, 0.4) is 0 Å². The Balaban J connectivity index is 1.58. The molecule has 4 heteroatoms. The average Bonchev–Trinajstić information content (AvgIpc) is 2.98. The van der Waals surface area contributed by atoms with Gasteiger partial charge in [-0.1, -0.05) is 38.5 Å². The molecule has 0 saturated heterocycles. The fraction of sp³-hybridized carbons (Fsp3) is 0.760. The Bertz CT molecular complexity index is 765. The number of hydrogen-bond acceptors (Lipinski definition) is 2. The Labute approximate surface area is 174 Å². The van der Waals surface area contributed by atoms with Gasteiger partial charge in [0.1, 0.15) is 0 Å². The fourth-order valence-corrected chi connectivity index (χ4v) is 8.11. The van der Waals surface area contributed by atoms with E-state index in [9.17, 15) is 19.8 Å². The number of hydrogen-bond donors (Lipinski definition) is 2. The average molecular weight is 401 g/mol. The summed E-state index contributed by atoms with van der Waals surface area (Å²) in [6.07, 6.45) is 13.0. The van der Waals surface area contributed by atoms with Crippen molar-refractivity contribution >= 4 is 11.9 Å². The molecular formula is C25H36O4. The second-order valence-electron chi connectivity index (χ2n) is 10.9. The highest BCUT2D eigenvalue weighted by molar-refractivity contribution is 5.70. The smallest absolute Gasteiger partial charge is 0.307 e. The highest BCUT2D eigenvalue weighted by Gasteiger charge is 2.58. The van der Waals surface area contributed by atoms with Crippen LogP contribution >= 0.6 is 0 Å². The third kappa shape index (κ3) is 3.37. The van der Waals surface area contributed by atoms with Crippen molar-refractivity contribution in [2.24, 2.45) is 40.4 Å². The molecule has 2 saturated carbocycles. The van der Waals surface area contributed by atoms with Crippen molar-refractivity contribution in [3.8, 4) is 0 Å². The van der Waals surface area contributed by atoms with E-state index in [1.54, 1.807) is 0 Å². The summed E-state index contributed by atoms with van der Waals surface area (Å²) in [4.78, 5) is 22.5. The van der Waals surface area contributed by atoms with Crippen LogP contribution in [0.25, 0.3) is 0 Å². The highest BCUT2D eigenvalue weighted by Crippen LogP contribution is 2.67. The van der Waals surface area contributed by atoms with E-state index in [2.05, 4.69) is 32.9 Å². The van der Waals surface area contributed by atoms with Gasteiger partial charge in [-0.3, -0.25) is 9.59 Å². The Morgan fingerprint density at radius 2 is 1.86 bits per heavy atom. The van der Waals surface area contributed by atoms with E-state index in [0.717, 1.165) is 24.8 Å². The van der Waals surface area contributed by atoms with Crippen molar-refractivity contribution in [1.82, 2.24) is 0 Å². The minimum Gasteiger partial charge on any atom is -0.481 e. The number of rotatable bonds is 5. The number of carbonyl (C=O) groups is 2. The van der Waals surface area contributed by atoms with Gasteiger partial charge >= 0.3 is 11.9 Å². The molecule has 4 rings (SSSR count). The molecule has 0 spiro atoms. The molecule has 0 amide bonds. The number of carboxylic acids is 2. The molecule has 7 atom stereocenters. The molecule has 4 aliphatic carbocycles. The van der Waals surface area contributed by atoms with Gasteiger partial charge in [0.2, 0.25) is 0 Å². The van der Waals surface area contributed by atoms with Crippen LogP contribution in [-0.2, 0) is 9.59 Å². The van der Waals surface area contributed by atoms with Crippen molar-refractivity contribution in [2.75, 3.05) is 0 Å². The van der Waals surface area contributed by atoms with Crippen molar-refractivity contribution in [3.05, 3.63) is 23.3 Å². The minimum absolute atomic E-state index is 0.172. The van der Waals surface area contributed by atoms with Crippen LogP contribution in [0, 0.1) is 40.4 Å². The highest BCUT2D eigenvalue weighted by atomic mass is 16.4. The third-order valence-electron chi connectivity index (χ3n) is 9.49. The summed E-state index contributed by atoms with van der Waals surface area (Å²) in [5.41, 5.74) is 2.91. The van der Waals surface area contributed by atoms with Crippen LogP contribution in [0.4, 0.5) is 0 Å². The van der Waals surface area contributed by atoms with Crippen LogP contribution in [0.1, 0.15) is 78.6 Å². The molecule has 160 valence electrons. The Hall–Kier alpha value is -1.58. The lowest BCUT2D eigenvalue weighted by Gasteiger charge is -2.57. The van der Waals surface area contributed by atoms with E-state index >= 15 is 0 Å². The maximum absolute atomic E-state index is 11.3. The van der Waals surface area contributed by atoms with Gasteiger partial charge in [-0.15, -0.1) is 0 Å². The van der Waals surface area contributed by atoms with Crippen LogP contribution in [0.15, 0.2) is 23.3 Å². The number of carboxylic acid groups (broad SMARTS) is 2. The minimum atomic E-state index is -0.727. The second kappa shape index (κ2) is 7.28. The van der Waals surface area contributed by atoms with E-state index < -0.39 is 11.9 Å². The molecule has 0 aromatic carbocycles. The van der Waals surface area contributed by atoms with Gasteiger partial charge < -0.3 is 10.2 Å². The van der Waals surface area contributed by atoms with Crippen LogP contribution < -0.4 is 0 Å². The number of fused-ring (bicyclic) bond motifs is 5. The van der Waals surface area contributed by atoms with Gasteiger partial charge in [0.25, 0.3) is 0 Å². The van der Waals surface area contributed by atoms with Gasteiger partial charge in [-0.25, -0.2) is 0 Å². The molecule has 29 heavy (non-hydrogen) atoms. The van der Waals surface area contributed by atoms with E-state index in [1.807, 2.05) is 0 Å². The zero-order valence-electron chi connectivity index (χ0n) is 18.1. The molecule has 4 nitrogen and oxygen atoms in total. The van der Waals surface area contributed by atoms with Crippen LogP contribution in [0.2, 0.25) is 0 Å². The first-order valence-corrected chi connectivity index (χ1v) is 11.5. The maximum Gasteiger partial charge on any atom is 0.307 e. The van der Waals surface area contributed by atoms with Gasteiger partial charge in [0.15, 0.2) is 0 Å². The lowest BCUT2D eigenvalue weighted by molar-refractivity contribution is -0.139. The molecule has 0 aromatic rings. The molecule has 4 aliphatic rings. The van der Waals surface area contributed by atoms with E-state index in [1.165, 1.54) is 31.3 Å². The van der Waals surface area contributed by atoms with Crippen LogP contribution in [-0.4, -0.2) is 22.2 Å². The molecule has 1 unspecified atom stereocenters. The van der Waals surface area contributed by atoms with E-state index in [-0.39, 0.29) is 23.2 Å². The van der Waals surface area contributed by atoms with Gasteiger partial charge in [-0.2, -0.15) is 0 Å². The molecule has 0 bridgehead atoms. The maximum atomic E-state index is 11.3. The quantitative estimate of drug-likeness (QED) is 0.622. The summed E-state index contributed by atoms with van der Waals surface area (Å²) < 4.78 is 0. The Morgan fingerprint density at radius 3 is 2.55 bits per heavy atom.